The Morgan fingerprint density at radius 1 is 0.786 bits per heavy atom. The molecule has 0 aromatic heterocycles. The summed E-state index contributed by atoms with van der Waals surface area (Å²) in [6.45, 7) is 0.205. The first-order valence-electron chi connectivity index (χ1n) is 9.21. The maximum Gasteiger partial charge on any atom is 0.131 e. The van der Waals surface area contributed by atoms with E-state index in [4.69, 9.17) is 10.4 Å². The van der Waals surface area contributed by atoms with Gasteiger partial charge in [0.15, 0.2) is 0 Å². The number of nitrogens with zero attached hydrogens (tertiary/aromatic N) is 1. The first kappa shape index (κ1) is 19.4. The normalized spacial score (nSPS) is 10.0. The summed E-state index contributed by atoms with van der Waals surface area (Å²) in [7, 11) is 0. The molecule has 0 aliphatic carbocycles. The van der Waals surface area contributed by atoms with Crippen LogP contribution >= 0.6 is 0 Å². The molecule has 3 rings (SSSR count). The zero-order valence-electron chi connectivity index (χ0n) is 15.5. The molecule has 0 spiro atoms. The number of unbranched alkanes of at least 4 members (excludes halogenated alkanes) is 2. The highest BCUT2D eigenvalue weighted by Gasteiger charge is 2.07. The van der Waals surface area contributed by atoms with E-state index in [0.717, 1.165) is 41.5 Å². The number of aliphatic hydroxyl groups excluding tert-OH is 1. The van der Waals surface area contributed by atoms with Crippen LogP contribution in [0, 0.1) is 29.0 Å². The van der Waals surface area contributed by atoms with E-state index in [9.17, 15) is 4.39 Å². The van der Waals surface area contributed by atoms with Gasteiger partial charge in [0, 0.05) is 24.2 Å². The van der Waals surface area contributed by atoms with Crippen LogP contribution in [0.3, 0.4) is 0 Å². The van der Waals surface area contributed by atoms with Crippen LogP contribution in [-0.2, 0) is 0 Å². The van der Waals surface area contributed by atoms with E-state index in [2.05, 4.69) is 17.9 Å². The average Bonchev–Trinajstić information content (AvgIpc) is 2.74. The molecule has 0 fully saturated rings. The van der Waals surface area contributed by atoms with Crippen LogP contribution in [0.2, 0.25) is 0 Å². The lowest BCUT2D eigenvalue weighted by atomic mass is 9.98. The summed E-state index contributed by atoms with van der Waals surface area (Å²) >= 11 is 0. The monoisotopic (exact) mass is 369 g/mol. The van der Waals surface area contributed by atoms with E-state index in [1.807, 2.05) is 30.3 Å². The minimum Gasteiger partial charge on any atom is -0.396 e. The summed E-state index contributed by atoms with van der Waals surface area (Å²) in [5.41, 5.74) is 4.46. The minimum absolute atomic E-state index is 0.205. The highest BCUT2D eigenvalue weighted by Crippen LogP contribution is 2.28. The molecule has 0 amide bonds. The Kier molecular flexibility index (Phi) is 6.58. The summed E-state index contributed by atoms with van der Waals surface area (Å²) < 4.78 is 14.6. The summed E-state index contributed by atoms with van der Waals surface area (Å²) in [6, 6.07) is 21.9. The molecular formula is C25H20FNO. The Morgan fingerprint density at radius 3 is 2.07 bits per heavy atom. The first-order valence-corrected chi connectivity index (χ1v) is 9.21. The lowest BCUT2D eigenvalue weighted by Crippen LogP contribution is -1.87. The van der Waals surface area contributed by atoms with E-state index in [0.29, 0.717) is 11.1 Å². The molecule has 0 heterocycles. The molecule has 2 nitrogen and oxygen atoms in total. The van der Waals surface area contributed by atoms with Crippen molar-refractivity contribution >= 4 is 0 Å². The highest BCUT2D eigenvalue weighted by atomic mass is 19.1. The molecule has 28 heavy (non-hydrogen) atoms. The molecule has 1 N–H and O–H groups in total. The number of halogens is 1. The molecule has 3 aromatic carbocycles. The second kappa shape index (κ2) is 9.51. The van der Waals surface area contributed by atoms with Gasteiger partial charge >= 0.3 is 0 Å². The Morgan fingerprint density at radius 2 is 1.43 bits per heavy atom. The second-order valence-electron chi connectivity index (χ2n) is 6.44. The number of benzene rings is 3. The zero-order valence-corrected chi connectivity index (χ0v) is 15.5. The maximum atomic E-state index is 14.6. The molecule has 3 heteroatoms. The fraction of sp³-hybridized carbons (Fsp3) is 0.160. The molecule has 0 unspecified atom stereocenters. The molecule has 3 aromatic rings. The van der Waals surface area contributed by atoms with Crippen molar-refractivity contribution in [1.82, 2.24) is 0 Å². The van der Waals surface area contributed by atoms with Crippen molar-refractivity contribution in [1.29, 1.82) is 5.26 Å². The number of rotatable bonds is 5. The quantitative estimate of drug-likeness (QED) is 0.474. The van der Waals surface area contributed by atoms with Gasteiger partial charge in [-0.25, -0.2) is 4.39 Å². The van der Waals surface area contributed by atoms with Gasteiger partial charge in [0.2, 0.25) is 0 Å². The molecule has 0 atom stereocenters. The fourth-order valence-electron chi connectivity index (χ4n) is 2.89. The van der Waals surface area contributed by atoms with Crippen molar-refractivity contribution in [3.8, 4) is 40.2 Å². The number of nitriles is 1. The van der Waals surface area contributed by atoms with Gasteiger partial charge in [-0.2, -0.15) is 5.26 Å². The van der Waals surface area contributed by atoms with Crippen molar-refractivity contribution in [2.24, 2.45) is 0 Å². The van der Waals surface area contributed by atoms with E-state index in [1.54, 1.807) is 30.3 Å². The third-order valence-electron chi connectivity index (χ3n) is 4.45. The van der Waals surface area contributed by atoms with Crippen LogP contribution in [-0.4, -0.2) is 11.7 Å². The van der Waals surface area contributed by atoms with Crippen molar-refractivity contribution in [3.05, 3.63) is 83.7 Å². The van der Waals surface area contributed by atoms with Crippen molar-refractivity contribution in [3.63, 3.8) is 0 Å². The predicted octanol–water partition coefficient (Wildman–Crippen LogP) is 5.55. The summed E-state index contributed by atoms with van der Waals surface area (Å²) in [5.74, 6) is 5.91. The lowest BCUT2D eigenvalue weighted by molar-refractivity contribution is 0.285. The second-order valence-corrected chi connectivity index (χ2v) is 6.44. The standard InChI is InChI=1S/C25H20FNO/c26-25-17-23(14-15-24(25)22-12-8-20(18-27)9-13-22)21-10-6-19(7-11-21)5-3-1-2-4-16-28/h6-15,17,28H,1-2,4,16H2. The van der Waals surface area contributed by atoms with E-state index >= 15 is 0 Å². The Labute approximate surface area is 164 Å². The number of aliphatic hydroxyl groups is 1. The van der Waals surface area contributed by atoms with Crippen molar-refractivity contribution in [2.75, 3.05) is 6.61 Å². The molecular weight excluding hydrogens is 349 g/mol. The molecule has 0 saturated carbocycles. The van der Waals surface area contributed by atoms with Gasteiger partial charge in [-0.3, -0.25) is 0 Å². The summed E-state index contributed by atoms with van der Waals surface area (Å²) in [5, 5.41) is 17.6. The summed E-state index contributed by atoms with van der Waals surface area (Å²) in [4.78, 5) is 0. The van der Waals surface area contributed by atoms with Gasteiger partial charge in [0.25, 0.3) is 0 Å². The Bertz CT molecular complexity index is 1040. The van der Waals surface area contributed by atoms with Gasteiger partial charge in [-0.15, -0.1) is 0 Å². The van der Waals surface area contributed by atoms with E-state index in [1.165, 1.54) is 6.07 Å². The molecule has 0 bridgehead atoms. The zero-order chi connectivity index (χ0) is 19.8. The van der Waals surface area contributed by atoms with Gasteiger partial charge < -0.3 is 5.11 Å². The fourth-order valence-corrected chi connectivity index (χ4v) is 2.89. The van der Waals surface area contributed by atoms with Gasteiger partial charge in [-0.05, 0) is 59.9 Å². The molecule has 138 valence electrons. The Hall–Kier alpha value is -3.40. The van der Waals surface area contributed by atoms with Gasteiger partial charge in [0.1, 0.15) is 5.82 Å². The van der Waals surface area contributed by atoms with Crippen LogP contribution in [0.4, 0.5) is 4.39 Å². The van der Waals surface area contributed by atoms with Crippen molar-refractivity contribution < 1.29 is 9.50 Å². The van der Waals surface area contributed by atoms with Crippen molar-refractivity contribution in [2.45, 2.75) is 19.3 Å². The minimum atomic E-state index is -0.296. The van der Waals surface area contributed by atoms with E-state index in [-0.39, 0.29) is 12.4 Å². The largest absolute Gasteiger partial charge is 0.396 e. The third-order valence-corrected chi connectivity index (χ3v) is 4.45. The highest BCUT2D eigenvalue weighted by molar-refractivity contribution is 5.71. The molecule has 0 aliphatic heterocycles. The topological polar surface area (TPSA) is 44.0 Å². The van der Waals surface area contributed by atoms with Crippen LogP contribution < -0.4 is 0 Å². The third kappa shape index (κ3) is 4.86. The van der Waals surface area contributed by atoms with Crippen LogP contribution in [0.1, 0.15) is 30.4 Å². The van der Waals surface area contributed by atoms with Crippen LogP contribution in [0.25, 0.3) is 22.3 Å². The molecule has 0 aliphatic rings. The van der Waals surface area contributed by atoms with Gasteiger partial charge in [-0.1, -0.05) is 48.2 Å². The summed E-state index contributed by atoms with van der Waals surface area (Å²) in [6.07, 6.45) is 2.44. The molecule has 0 radical (unpaired) electrons. The van der Waals surface area contributed by atoms with Crippen LogP contribution in [0.5, 0.6) is 0 Å². The molecule has 0 saturated heterocycles. The lowest BCUT2D eigenvalue weighted by Gasteiger charge is -2.07. The average molecular weight is 369 g/mol. The van der Waals surface area contributed by atoms with E-state index < -0.39 is 0 Å². The smallest absolute Gasteiger partial charge is 0.131 e. The number of hydrogen-bond donors (Lipinski definition) is 1. The Balaban J connectivity index is 1.75. The SMILES string of the molecule is N#Cc1ccc(-c2ccc(-c3ccc(C#CCCCCO)cc3)cc2F)cc1. The predicted molar refractivity (Wildman–Crippen MR) is 110 cm³/mol. The maximum absolute atomic E-state index is 14.6. The van der Waals surface area contributed by atoms with Crippen LogP contribution in [0.15, 0.2) is 66.7 Å². The number of hydrogen-bond acceptors (Lipinski definition) is 2. The van der Waals surface area contributed by atoms with Gasteiger partial charge in [0.05, 0.1) is 11.6 Å². The first-order chi connectivity index (χ1) is 13.7.